The molecule has 2 nitrogen and oxygen atoms in total. The van der Waals surface area contributed by atoms with Crippen LogP contribution in [-0.4, -0.2) is 10.2 Å². The van der Waals surface area contributed by atoms with Gasteiger partial charge in [-0.1, -0.05) is 110 Å². The molecular weight excluding hydrogens is 368 g/mol. The first-order chi connectivity index (χ1) is 14.1. The van der Waals surface area contributed by atoms with Crippen molar-refractivity contribution in [2.45, 2.75) is 98.3 Å². The third-order valence-electron chi connectivity index (χ3n) is 5.40. The summed E-state index contributed by atoms with van der Waals surface area (Å²) in [7, 11) is 0. The van der Waals surface area contributed by atoms with Crippen LogP contribution in [0.2, 0.25) is 0 Å². The topological polar surface area (TPSA) is 40.5 Å². The van der Waals surface area contributed by atoms with Gasteiger partial charge in [0.15, 0.2) is 0 Å². The largest absolute Gasteiger partial charge is 0.508 e. The summed E-state index contributed by atoms with van der Waals surface area (Å²) in [5.41, 5.74) is 2.42. The second-order valence-corrected chi connectivity index (χ2v) is 10.3. The zero-order valence-corrected chi connectivity index (χ0v) is 20.2. The van der Waals surface area contributed by atoms with E-state index in [4.69, 9.17) is 0 Å². The molecule has 0 saturated heterocycles. The SMILES string of the molecule is CC(C)(C)CC(C)(C)c1ccccc1O.CCCCCCCCc1ccccc1O. The van der Waals surface area contributed by atoms with Crippen LogP contribution in [0.4, 0.5) is 0 Å². The lowest BCUT2D eigenvalue weighted by Crippen LogP contribution is -2.24. The van der Waals surface area contributed by atoms with Crippen molar-refractivity contribution in [1.29, 1.82) is 0 Å². The lowest BCUT2D eigenvalue weighted by molar-refractivity contribution is 0.278. The van der Waals surface area contributed by atoms with Gasteiger partial charge in [0, 0.05) is 0 Å². The first kappa shape index (κ1) is 26.1. The highest BCUT2D eigenvalue weighted by Crippen LogP contribution is 2.39. The molecule has 0 amide bonds. The molecule has 0 aliphatic rings. The van der Waals surface area contributed by atoms with E-state index < -0.39 is 0 Å². The van der Waals surface area contributed by atoms with E-state index in [0.29, 0.717) is 11.5 Å². The minimum absolute atomic E-state index is 0.0175. The number of aryl methyl sites for hydroxylation is 1. The maximum Gasteiger partial charge on any atom is 0.119 e. The van der Waals surface area contributed by atoms with Gasteiger partial charge in [0.2, 0.25) is 0 Å². The summed E-state index contributed by atoms with van der Waals surface area (Å²) < 4.78 is 0. The average molecular weight is 413 g/mol. The zero-order valence-electron chi connectivity index (χ0n) is 20.2. The number of phenols is 2. The maximum atomic E-state index is 9.84. The quantitative estimate of drug-likeness (QED) is 0.406. The second-order valence-electron chi connectivity index (χ2n) is 10.3. The molecule has 0 aliphatic heterocycles. The van der Waals surface area contributed by atoms with E-state index >= 15 is 0 Å². The molecule has 0 unspecified atom stereocenters. The van der Waals surface area contributed by atoms with Crippen LogP contribution >= 0.6 is 0 Å². The molecule has 2 heteroatoms. The van der Waals surface area contributed by atoms with Crippen LogP contribution in [-0.2, 0) is 11.8 Å². The Labute approximate surface area is 185 Å². The number of hydrogen-bond donors (Lipinski definition) is 2. The number of unbranched alkanes of at least 4 members (excludes halogenated alkanes) is 5. The molecule has 0 heterocycles. The van der Waals surface area contributed by atoms with Crippen LogP contribution in [0.1, 0.15) is 97.6 Å². The molecule has 30 heavy (non-hydrogen) atoms. The lowest BCUT2D eigenvalue weighted by Gasteiger charge is -2.33. The maximum absolute atomic E-state index is 9.84. The first-order valence-corrected chi connectivity index (χ1v) is 11.6. The molecule has 0 aromatic heterocycles. The van der Waals surface area contributed by atoms with Crippen molar-refractivity contribution < 1.29 is 10.2 Å². The average Bonchev–Trinajstić information content (AvgIpc) is 2.65. The van der Waals surface area contributed by atoms with E-state index in [9.17, 15) is 10.2 Å². The van der Waals surface area contributed by atoms with Gasteiger partial charge in [-0.15, -0.1) is 0 Å². The monoisotopic (exact) mass is 412 g/mol. The van der Waals surface area contributed by atoms with Gasteiger partial charge in [0.1, 0.15) is 11.5 Å². The van der Waals surface area contributed by atoms with Crippen molar-refractivity contribution in [3.63, 3.8) is 0 Å². The van der Waals surface area contributed by atoms with Gasteiger partial charge < -0.3 is 10.2 Å². The van der Waals surface area contributed by atoms with Crippen LogP contribution in [0.15, 0.2) is 48.5 Å². The zero-order chi connectivity index (χ0) is 22.6. The molecule has 2 aromatic rings. The number of para-hydroxylation sites is 2. The van der Waals surface area contributed by atoms with Crippen LogP contribution in [0.5, 0.6) is 11.5 Å². The Morgan fingerprint density at radius 2 is 1.20 bits per heavy atom. The number of benzene rings is 2. The van der Waals surface area contributed by atoms with Crippen LogP contribution in [0.25, 0.3) is 0 Å². The number of phenolic OH excluding ortho intramolecular Hbond substituents is 2. The summed E-state index contributed by atoms with van der Waals surface area (Å²) in [6, 6.07) is 15.3. The van der Waals surface area contributed by atoms with Gasteiger partial charge in [-0.25, -0.2) is 0 Å². The molecular formula is C28H44O2. The van der Waals surface area contributed by atoms with Gasteiger partial charge in [-0.05, 0) is 53.4 Å². The predicted molar refractivity (Wildman–Crippen MR) is 130 cm³/mol. The van der Waals surface area contributed by atoms with Crippen molar-refractivity contribution in [2.75, 3.05) is 0 Å². The molecule has 0 bridgehead atoms. The molecule has 2 aromatic carbocycles. The number of aromatic hydroxyl groups is 2. The van der Waals surface area contributed by atoms with Gasteiger partial charge in [-0.2, -0.15) is 0 Å². The van der Waals surface area contributed by atoms with Crippen molar-refractivity contribution >= 4 is 0 Å². The van der Waals surface area contributed by atoms with Crippen molar-refractivity contribution in [3.05, 3.63) is 59.7 Å². The Bertz CT molecular complexity index is 725. The molecule has 0 spiro atoms. The molecule has 0 atom stereocenters. The first-order valence-electron chi connectivity index (χ1n) is 11.6. The number of rotatable bonds is 9. The Kier molecular flexibility index (Phi) is 11.0. The fourth-order valence-electron chi connectivity index (χ4n) is 4.28. The van der Waals surface area contributed by atoms with Gasteiger partial charge >= 0.3 is 0 Å². The summed E-state index contributed by atoms with van der Waals surface area (Å²) in [5, 5.41) is 19.4. The molecule has 0 aliphatic carbocycles. The van der Waals surface area contributed by atoms with E-state index in [-0.39, 0.29) is 10.8 Å². The normalized spacial score (nSPS) is 11.7. The molecule has 0 radical (unpaired) electrons. The van der Waals surface area contributed by atoms with Crippen molar-refractivity contribution in [2.24, 2.45) is 5.41 Å². The second kappa shape index (κ2) is 12.7. The third kappa shape index (κ3) is 10.2. The third-order valence-corrected chi connectivity index (χ3v) is 5.40. The summed E-state index contributed by atoms with van der Waals surface area (Å²) in [6.07, 6.45) is 9.90. The van der Waals surface area contributed by atoms with E-state index in [1.807, 2.05) is 36.4 Å². The fourth-order valence-corrected chi connectivity index (χ4v) is 4.28. The smallest absolute Gasteiger partial charge is 0.119 e. The Morgan fingerprint density at radius 3 is 1.77 bits per heavy atom. The van der Waals surface area contributed by atoms with Gasteiger partial charge in [0.05, 0.1) is 0 Å². The standard InChI is InChI=1S/2C14H22O/c1-13(2,3)10-14(4,5)11-8-6-7-9-12(11)15;1-2-3-4-5-6-7-10-13-11-8-9-12-14(13)15/h6-9,15H,10H2,1-5H3;8-9,11-12,15H,2-7,10H2,1H3. The molecule has 168 valence electrons. The summed E-state index contributed by atoms with van der Waals surface area (Å²) in [6.45, 7) is 13.3. The van der Waals surface area contributed by atoms with Crippen LogP contribution in [0, 0.1) is 5.41 Å². The van der Waals surface area contributed by atoms with Crippen molar-refractivity contribution in [1.82, 2.24) is 0 Å². The minimum Gasteiger partial charge on any atom is -0.508 e. The highest BCUT2D eigenvalue weighted by Gasteiger charge is 2.28. The summed E-state index contributed by atoms with van der Waals surface area (Å²) >= 11 is 0. The Balaban J connectivity index is 0.000000300. The number of hydrogen-bond acceptors (Lipinski definition) is 2. The minimum atomic E-state index is 0.0175. The lowest BCUT2D eigenvalue weighted by atomic mass is 9.72. The van der Waals surface area contributed by atoms with Crippen LogP contribution in [0.3, 0.4) is 0 Å². The molecule has 0 saturated carbocycles. The fraction of sp³-hybridized carbons (Fsp3) is 0.571. The summed E-state index contributed by atoms with van der Waals surface area (Å²) in [4.78, 5) is 0. The highest BCUT2D eigenvalue weighted by molar-refractivity contribution is 5.37. The van der Waals surface area contributed by atoms with Gasteiger partial charge in [-0.3, -0.25) is 0 Å². The van der Waals surface area contributed by atoms with E-state index in [0.717, 1.165) is 24.0 Å². The molecule has 2 N–H and O–H groups in total. The van der Waals surface area contributed by atoms with E-state index in [1.165, 1.54) is 38.5 Å². The summed E-state index contributed by atoms with van der Waals surface area (Å²) in [5.74, 6) is 0.859. The van der Waals surface area contributed by atoms with Crippen molar-refractivity contribution in [3.8, 4) is 11.5 Å². The molecule has 0 fully saturated rings. The highest BCUT2D eigenvalue weighted by atomic mass is 16.3. The van der Waals surface area contributed by atoms with Crippen LogP contribution < -0.4 is 0 Å². The molecule has 2 rings (SSSR count). The van der Waals surface area contributed by atoms with Gasteiger partial charge in [0.25, 0.3) is 0 Å². The van der Waals surface area contributed by atoms with E-state index in [1.54, 1.807) is 12.1 Å². The Morgan fingerprint density at radius 1 is 0.667 bits per heavy atom. The predicted octanol–water partition coefficient (Wildman–Crippen LogP) is 8.40. The Hall–Kier alpha value is -1.96. The van der Waals surface area contributed by atoms with E-state index in [2.05, 4.69) is 41.5 Å².